The summed E-state index contributed by atoms with van der Waals surface area (Å²) in [6, 6.07) is 7.61. The SMILES string of the molecule is COc1ccc(/C(N)=C(\C)C2=NCCO2)cc1. The molecule has 0 unspecified atom stereocenters. The van der Waals surface area contributed by atoms with Gasteiger partial charge in [0.1, 0.15) is 12.4 Å². The summed E-state index contributed by atoms with van der Waals surface area (Å²) in [6.07, 6.45) is 0. The van der Waals surface area contributed by atoms with Gasteiger partial charge >= 0.3 is 0 Å². The average Bonchev–Trinajstić information content (AvgIpc) is 2.91. The second-order valence-corrected chi connectivity index (χ2v) is 3.80. The number of methoxy groups -OCH3 is 1. The van der Waals surface area contributed by atoms with Crippen molar-refractivity contribution < 1.29 is 9.47 Å². The number of nitrogens with zero attached hydrogens (tertiary/aromatic N) is 1. The third-order valence-corrected chi connectivity index (χ3v) is 2.71. The molecular formula is C13H16N2O2. The summed E-state index contributed by atoms with van der Waals surface area (Å²) in [7, 11) is 1.64. The van der Waals surface area contributed by atoms with Crippen LogP contribution in [0, 0.1) is 0 Å². The van der Waals surface area contributed by atoms with Crippen molar-refractivity contribution >= 4 is 11.6 Å². The molecule has 0 aromatic heterocycles. The summed E-state index contributed by atoms with van der Waals surface area (Å²) in [5.41, 5.74) is 8.60. The fourth-order valence-electron chi connectivity index (χ4n) is 1.66. The van der Waals surface area contributed by atoms with Gasteiger partial charge in [0, 0.05) is 11.3 Å². The molecule has 0 amide bonds. The van der Waals surface area contributed by atoms with Crippen molar-refractivity contribution in [1.82, 2.24) is 0 Å². The van der Waals surface area contributed by atoms with E-state index < -0.39 is 0 Å². The molecule has 0 bridgehead atoms. The Morgan fingerprint density at radius 2 is 2.06 bits per heavy atom. The van der Waals surface area contributed by atoms with E-state index in [0.717, 1.165) is 16.9 Å². The first kappa shape index (κ1) is 11.5. The van der Waals surface area contributed by atoms with E-state index in [4.69, 9.17) is 15.2 Å². The van der Waals surface area contributed by atoms with Gasteiger partial charge in [-0.05, 0) is 36.8 Å². The second kappa shape index (κ2) is 4.91. The van der Waals surface area contributed by atoms with Crippen LogP contribution in [0.2, 0.25) is 0 Å². The molecular weight excluding hydrogens is 216 g/mol. The Labute approximate surface area is 101 Å². The van der Waals surface area contributed by atoms with E-state index in [1.54, 1.807) is 7.11 Å². The highest BCUT2D eigenvalue weighted by molar-refractivity contribution is 6.00. The maximum atomic E-state index is 6.09. The summed E-state index contributed by atoms with van der Waals surface area (Å²) in [5.74, 6) is 1.46. The monoisotopic (exact) mass is 232 g/mol. The number of rotatable bonds is 3. The summed E-state index contributed by atoms with van der Waals surface area (Å²) in [6.45, 7) is 3.27. The molecule has 0 saturated carbocycles. The van der Waals surface area contributed by atoms with Gasteiger partial charge in [-0.25, -0.2) is 4.99 Å². The Morgan fingerprint density at radius 1 is 1.35 bits per heavy atom. The van der Waals surface area contributed by atoms with Gasteiger partial charge in [0.25, 0.3) is 0 Å². The minimum absolute atomic E-state index is 0.641. The fraction of sp³-hybridized carbons (Fsp3) is 0.308. The van der Waals surface area contributed by atoms with Gasteiger partial charge < -0.3 is 15.2 Å². The molecule has 90 valence electrons. The molecule has 0 spiro atoms. The molecule has 4 nitrogen and oxygen atoms in total. The van der Waals surface area contributed by atoms with Crippen LogP contribution in [0.5, 0.6) is 5.75 Å². The molecule has 2 rings (SSSR count). The molecule has 0 aliphatic carbocycles. The zero-order valence-electron chi connectivity index (χ0n) is 10.1. The molecule has 0 atom stereocenters. The average molecular weight is 232 g/mol. The van der Waals surface area contributed by atoms with Crippen molar-refractivity contribution in [2.24, 2.45) is 10.7 Å². The van der Waals surface area contributed by atoms with E-state index >= 15 is 0 Å². The van der Waals surface area contributed by atoms with Crippen molar-refractivity contribution in [3.05, 3.63) is 35.4 Å². The lowest BCUT2D eigenvalue weighted by molar-refractivity contribution is 0.347. The highest BCUT2D eigenvalue weighted by Crippen LogP contribution is 2.19. The number of ether oxygens (including phenoxy) is 2. The van der Waals surface area contributed by atoms with Gasteiger partial charge in [0.2, 0.25) is 5.90 Å². The maximum absolute atomic E-state index is 6.09. The van der Waals surface area contributed by atoms with Gasteiger partial charge in [-0.3, -0.25) is 0 Å². The number of hydrogen-bond donors (Lipinski definition) is 1. The fourth-order valence-corrected chi connectivity index (χ4v) is 1.66. The predicted molar refractivity (Wildman–Crippen MR) is 68.0 cm³/mol. The minimum atomic E-state index is 0.641. The Morgan fingerprint density at radius 3 is 2.59 bits per heavy atom. The van der Waals surface area contributed by atoms with Gasteiger partial charge in [-0.1, -0.05) is 0 Å². The number of hydrogen-bond acceptors (Lipinski definition) is 4. The topological polar surface area (TPSA) is 56.8 Å². The van der Waals surface area contributed by atoms with Crippen molar-refractivity contribution in [2.75, 3.05) is 20.3 Å². The quantitative estimate of drug-likeness (QED) is 0.864. The van der Waals surface area contributed by atoms with E-state index in [0.29, 0.717) is 24.7 Å². The standard InChI is InChI=1S/C13H16N2O2/c1-9(13-15-7-8-17-13)12(14)10-3-5-11(16-2)6-4-10/h3-6H,7-8,14H2,1-2H3/b12-9-. The first-order chi connectivity index (χ1) is 8.22. The lowest BCUT2D eigenvalue weighted by Crippen LogP contribution is -2.08. The van der Waals surface area contributed by atoms with Crippen molar-refractivity contribution in [3.8, 4) is 5.75 Å². The molecule has 2 N–H and O–H groups in total. The van der Waals surface area contributed by atoms with Gasteiger partial charge in [-0.15, -0.1) is 0 Å². The molecule has 4 heteroatoms. The summed E-state index contributed by atoms with van der Waals surface area (Å²) in [4.78, 5) is 4.25. The van der Waals surface area contributed by atoms with E-state index in [2.05, 4.69) is 4.99 Å². The van der Waals surface area contributed by atoms with Crippen LogP contribution in [0.3, 0.4) is 0 Å². The van der Waals surface area contributed by atoms with Crippen molar-refractivity contribution in [3.63, 3.8) is 0 Å². The summed E-state index contributed by atoms with van der Waals surface area (Å²) in [5, 5.41) is 0. The molecule has 0 radical (unpaired) electrons. The van der Waals surface area contributed by atoms with Gasteiger partial charge in [0.15, 0.2) is 0 Å². The molecule has 1 aromatic rings. The van der Waals surface area contributed by atoms with Crippen LogP contribution in [0.25, 0.3) is 5.70 Å². The smallest absolute Gasteiger partial charge is 0.213 e. The Bertz CT molecular complexity index is 461. The predicted octanol–water partition coefficient (Wildman–Crippen LogP) is 1.81. The largest absolute Gasteiger partial charge is 0.497 e. The Hall–Kier alpha value is -1.97. The summed E-state index contributed by atoms with van der Waals surface area (Å²) >= 11 is 0. The second-order valence-electron chi connectivity index (χ2n) is 3.80. The first-order valence-electron chi connectivity index (χ1n) is 5.51. The number of nitrogens with two attached hydrogens (primary N) is 1. The molecule has 1 aliphatic heterocycles. The third-order valence-electron chi connectivity index (χ3n) is 2.71. The maximum Gasteiger partial charge on any atom is 0.213 e. The molecule has 17 heavy (non-hydrogen) atoms. The van der Waals surface area contributed by atoms with Crippen LogP contribution in [0.15, 0.2) is 34.8 Å². The molecule has 0 fully saturated rings. The van der Waals surface area contributed by atoms with E-state index in [1.165, 1.54) is 0 Å². The van der Waals surface area contributed by atoms with Crippen LogP contribution in [-0.4, -0.2) is 26.2 Å². The highest BCUT2D eigenvalue weighted by Gasteiger charge is 2.13. The van der Waals surface area contributed by atoms with E-state index in [9.17, 15) is 0 Å². The van der Waals surface area contributed by atoms with Gasteiger partial charge in [-0.2, -0.15) is 0 Å². The molecule has 0 saturated heterocycles. The van der Waals surface area contributed by atoms with Crippen LogP contribution in [0.4, 0.5) is 0 Å². The molecule has 1 aliphatic rings. The number of benzene rings is 1. The normalized spacial score (nSPS) is 16.0. The van der Waals surface area contributed by atoms with Crippen LogP contribution in [0.1, 0.15) is 12.5 Å². The van der Waals surface area contributed by atoms with Crippen LogP contribution in [-0.2, 0) is 4.74 Å². The lowest BCUT2D eigenvalue weighted by Gasteiger charge is -2.08. The Balaban J connectivity index is 2.28. The number of aliphatic imine (C=N–C) groups is 1. The minimum Gasteiger partial charge on any atom is -0.497 e. The zero-order valence-corrected chi connectivity index (χ0v) is 10.1. The van der Waals surface area contributed by atoms with Crippen LogP contribution < -0.4 is 10.5 Å². The van der Waals surface area contributed by atoms with Crippen molar-refractivity contribution in [1.29, 1.82) is 0 Å². The lowest BCUT2D eigenvalue weighted by atomic mass is 10.1. The summed E-state index contributed by atoms with van der Waals surface area (Å²) < 4.78 is 10.5. The van der Waals surface area contributed by atoms with Gasteiger partial charge in [0.05, 0.1) is 13.7 Å². The third kappa shape index (κ3) is 2.41. The zero-order chi connectivity index (χ0) is 12.3. The van der Waals surface area contributed by atoms with Crippen molar-refractivity contribution in [2.45, 2.75) is 6.92 Å². The highest BCUT2D eigenvalue weighted by atomic mass is 16.5. The molecule has 1 heterocycles. The Kier molecular flexibility index (Phi) is 3.32. The van der Waals surface area contributed by atoms with Crippen LogP contribution >= 0.6 is 0 Å². The first-order valence-corrected chi connectivity index (χ1v) is 5.51. The van der Waals surface area contributed by atoms with E-state index in [-0.39, 0.29) is 0 Å². The molecule has 1 aromatic carbocycles. The van der Waals surface area contributed by atoms with E-state index in [1.807, 2.05) is 31.2 Å².